The lowest BCUT2D eigenvalue weighted by Crippen LogP contribution is -2.44. The van der Waals surface area contributed by atoms with E-state index in [0.717, 1.165) is 53.5 Å². The van der Waals surface area contributed by atoms with Crippen LogP contribution in [0.2, 0.25) is 0 Å². The Morgan fingerprint density at radius 2 is 1.76 bits per heavy atom. The van der Waals surface area contributed by atoms with Crippen LogP contribution < -0.4 is 10.2 Å². The molecule has 0 bridgehead atoms. The van der Waals surface area contributed by atoms with Gasteiger partial charge in [-0.15, -0.1) is 5.10 Å². The molecule has 8 heteroatoms. The fraction of sp³-hybridized carbons (Fsp3) is 0.240. The summed E-state index contributed by atoms with van der Waals surface area (Å²) in [5, 5.41) is 7.98. The fourth-order valence-electron chi connectivity index (χ4n) is 4.08. The SMILES string of the molecule is C=S(C)(=O)c1ccc(-c2cccn3nc(Nc4cccc(N5CCN(C)CC5)c4)nc23)cc1. The number of anilines is 3. The average molecular weight is 461 g/mol. The van der Waals surface area contributed by atoms with Crippen molar-refractivity contribution >= 4 is 38.4 Å². The highest BCUT2D eigenvalue weighted by atomic mass is 32.2. The molecule has 7 nitrogen and oxygen atoms in total. The van der Waals surface area contributed by atoms with Crippen molar-refractivity contribution in [3.05, 3.63) is 66.9 Å². The van der Waals surface area contributed by atoms with E-state index in [2.05, 4.69) is 51.3 Å². The zero-order valence-corrected chi connectivity index (χ0v) is 19.8. The maximum atomic E-state index is 12.2. The van der Waals surface area contributed by atoms with E-state index in [9.17, 15) is 4.21 Å². The van der Waals surface area contributed by atoms with Crippen LogP contribution in [-0.4, -0.2) is 69.1 Å². The van der Waals surface area contributed by atoms with Crippen LogP contribution in [0.4, 0.5) is 17.3 Å². The number of likely N-dealkylation sites (N-methyl/N-ethyl adjacent to an activating group) is 1. The molecule has 1 aliphatic heterocycles. The molecule has 0 spiro atoms. The van der Waals surface area contributed by atoms with Crippen molar-refractivity contribution in [3.8, 4) is 11.1 Å². The van der Waals surface area contributed by atoms with E-state index in [-0.39, 0.29) is 0 Å². The predicted octanol–water partition coefficient (Wildman–Crippen LogP) is 3.60. The van der Waals surface area contributed by atoms with Gasteiger partial charge in [-0.2, -0.15) is 4.98 Å². The Morgan fingerprint density at radius 3 is 2.48 bits per heavy atom. The molecule has 0 saturated carbocycles. The third kappa shape index (κ3) is 4.58. The lowest BCUT2D eigenvalue weighted by molar-refractivity contribution is 0.313. The Labute approximate surface area is 194 Å². The molecule has 5 rings (SSSR count). The second-order valence-electron chi connectivity index (χ2n) is 8.62. The molecule has 1 aliphatic rings. The Balaban J connectivity index is 1.41. The van der Waals surface area contributed by atoms with Crippen molar-refractivity contribution in [2.45, 2.75) is 4.90 Å². The van der Waals surface area contributed by atoms with Crippen molar-refractivity contribution in [1.29, 1.82) is 0 Å². The van der Waals surface area contributed by atoms with Crippen molar-refractivity contribution < 1.29 is 4.21 Å². The third-order valence-corrected chi connectivity index (χ3v) is 7.27. The van der Waals surface area contributed by atoms with Gasteiger partial charge in [-0.05, 0) is 70.5 Å². The van der Waals surface area contributed by atoms with Gasteiger partial charge in [0.1, 0.15) is 0 Å². The first-order valence-electron chi connectivity index (χ1n) is 11.0. The molecule has 4 aromatic rings. The maximum absolute atomic E-state index is 12.2. The van der Waals surface area contributed by atoms with Gasteiger partial charge in [-0.1, -0.05) is 18.2 Å². The number of rotatable bonds is 5. The number of fused-ring (bicyclic) bond motifs is 1. The normalized spacial score (nSPS) is 16.6. The molecule has 1 saturated heterocycles. The summed E-state index contributed by atoms with van der Waals surface area (Å²) in [7, 11) is -0.0757. The van der Waals surface area contributed by atoms with E-state index in [4.69, 9.17) is 4.98 Å². The largest absolute Gasteiger partial charge is 0.369 e. The fourth-order valence-corrected chi connectivity index (χ4v) is 4.79. The molecule has 1 N–H and O–H groups in total. The van der Waals surface area contributed by atoms with E-state index >= 15 is 0 Å². The summed E-state index contributed by atoms with van der Waals surface area (Å²) in [5.74, 6) is 4.31. The van der Waals surface area contributed by atoms with Gasteiger partial charge in [0, 0.05) is 60.5 Å². The molecule has 1 atom stereocenters. The molecule has 2 aromatic heterocycles. The van der Waals surface area contributed by atoms with Gasteiger partial charge in [0.15, 0.2) is 5.65 Å². The first-order chi connectivity index (χ1) is 15.9. The summed E-state index contributed by atoms with van der Waals surface area (Å²) in [6.45, 7) is 4.19. The zero-order chi connectivity index (χ0) is 23.0. The van der Waals surface area contributed by atoms with Crippen LogP contribution in [0.15, 0.2) is 71.8 Å². The molecular weight excluding hydrogens is 432 g/mol. The molecule has 0 amide bonds. The number of piperazine rings is 1. The zero-order valence-electron chi connectivity index (χ0n) is 18.9. The monoisotopic (exact) mass is 460 g/mol. The Bertz CT molecular complexity index is 1390. The highest BCUT2D eigenvalue weighted by Gasteiger charge is 2.15. The van der Waals surface area contributed by atoms with Crippen LogP contribution >= 0.6 is 0 Å². The van der Waals surface area contributed by atoms with Gasteiger partial charge in [0.25, 0.3) is 0 Å². The van der Waals surface area contributed by atoms with Gasteiger partial charge < -0.3 is 15.1 Å². The van der Waals surface area contributed by atoms with Gasteiger partial charge >= 0.3 is 0 Å². The number of pyridine rings is 1. The van der Waals surface area contributed by atoms with Crippen LogP contribution in [0.3, 0.4) is 0 Å². The van der Waals surface area contributed by atoms with Crippen molar-refractivity contribution in [1.82, 2.24) is 19.5 Å². The minimum absolute atomic E-state index is 0.545. The first-order valence-corrected chi connectivity index (χ1v) is 13.1. The highest BCUT2D eigenvalue weighted by molar-refractivity contribution is 7.99. The van der Waals surface area contributed by atoms with E-state index in [0.29, 0.717) is 5.95 Å². The Kier molecular flexibility index (Phi) is 5.55. The average Bonchev–Trinajstić information content (AvgIpc) is 3.22. The Morgan fingerprint density at radius 1 is 1.00 bits per heavy atom. The predicted molar refractivity (Wildman–Crippen MR) is 137 cm³/mol. The lowest BCUT2D eigenvalue weighted by Gasteiger charge is -2.34. The van der Waals surface area contributed by atoms with Crippen LogP contribution in [0.25, 0.3) is 16.8 Å². The maximum Gasteiger partial charge on any atom is 0.247 e. The van der Waals surface area contributed by atoms with Gasteiger partial charge in [0.2, 0.25) is 5.95 Å². The molecule has 2 aromatic carbocycles. The first kappa shape index (κ1) is 21.5. The summed E-state index contributed by atoms with van der Waals surface area (Å²) in [5.41, 5.74) is 4.87. The quantitative estimate of drug-likeness (QED) is 0.459. The smallest absolute Gasteiger partial charge is 0.247 e. The second kappa shape index (κ2) is 8.53. The van der Waals surface area contributed by atoms with Crippen molar-refractivity contribution in [3.63, 3.8) is 0 Å². The van der Waals surface area contributed by atoms with Crippen molar-refractivity contribution in [2.75, 3.05) is 49.7 Å². The van der Waals surface area contributed by atoms with Crippen molar-refractivity contribution in [2.24, 2.45) is 0 Å². The molecule has 1 fully saturated rings. The van der Waals surface area contributed by atoms with E-state index in [1.54, 1.807) is 10.8 Å². The molecule has 170 valence electrons. The molecular formula is C25H28N6OS. The second-order valence-corrected chi connectivity index (χ2v) is 11.1. The lowest BCUT2D eigenvalue weighted by atomic mass is 10.1. The minimum atomic E-state index is -2.24. The third-order valence-electron chi connectivity index (χ3n) is 6.00. The molecule has 33 heavy (non-hydrogen) atoms. The minimum Gasteiger partial charge on any atom is -0.369 e. The molecule has 1 unspecified atom stereocenters. The van der Waals surface area contributed by atoms with E-state index < -0.39 is 9.52 Å². The van der Waals surface area contributed by atoms with E-state index in [1.807, 2.05) is 48.7 Å². The summed E-state index contributed by atoms with van der Waals surface area (Å²) in [6.07, 6.45) is 3.54. The van der Waals surface area contributed by atoms with E-state index in [1.165, 1.54) is 5.69 Å². The number of nitrogens with zero attached hydrogens (tertiary/aromatic N) is 5. The number of benzene rings is 2. The summed E-state index contributed by atoms with van der Waals surface area (Å²) < 4.78 is 14.0. The summed E-state index contributed by atoms with van der Waals surface area (Å²) in [6, 6.07) is 20.0. The highest BCUT2D eigenvalue weighted by Crippen LogP contribution is 2.27. The van der Waals surface area contributed by atoms with Crippen LogP contribution in [0.5, 0.6) is 0 Å². The summed E-state index contributed by atoms with van der Waals surface area (Å²) >= 11 is 0. The number of hydrogen-bond donors (Lipinski definition) is 1. The van der Waals surface area contributed by atoms with Crippen LogP contribution in [-0.2, 0) is 9.52 Å². The standard InChI is InChI=1S/C25H28N6OS/c1-29-14-16-30(17-15-29)21-7-4-6-20(18-21)26-25-27-24-23(8-5-13-31(24)28-25)19-9-11-22(12-10-19)33(2,3)32/h4-13,18H,2,14-17H2,1,3H3,(H,26,28). The van der Waals surface area contributed by atoms with Gasteiger partial charge in [-0.3, -0.25) is 4.21 Å². The van der Waals surface area contributed by atoms with Crippen LogP contribution in [0.1, 0.15) is 0 Å². The van der Waals surface area contributed by atoms with Crippen LogP contribution in [0, 0.1) is 0 Å². The number of hydrogen-bond acceptors (Lipinski definition) is 6. The number of nitrogens with one attached hydrogen (secondary N) is 1. The molecule has 3 heterocycles. The summed E-state index contributed by atoms with van der Waals surface area (Å²) in [4.78, 5) is 10.3. The molecule has 0 aliphatic carbocycles. The topological polar surface area (TPSA) is 65.8 Å². The molecule has 0 radical (unpaired) electrons. The number of aromatic nitrogens is 3. The van der Waals surface area contributed by atoms with Gasteiger partial charge in [0.05, 0.1) is 0 Å². The Hall–Kier alpha value is -3.36. The van der Waals surface area contributed by atoms with Gasteiger partial charge in [-0.25, -0.2) is 4.52 Å².